The second-order valence-corrected chi connectivity index (χ2v) is 12.0. The lowest BCUT2D eigenvalue weighted by Crippen LogP contribution is -2.62. The van der Waals surface area contributed by atoms with Crippen molar-refractivity contribution in [2.24, 2.45) is 5.92 Å². The first kappa shape index (κ1) is 26.3. The first-order chi connectivity index (χ1) is 16.9. The number of nitrogens with zero attached hydrogens (tertiary/aromatic N) is 1. The number of amides is 2. The van der Waals surface area contributed by atoms with E-state index in [1.165, 1.54) is 6.07 Å². The molecule has 2 aromatic rings. The molecular weight excluding hydrogens is 453 g/mol. The summed E-state index contributed by atoms with van der Waals surface area (Å²) in [6.07, 6.45) is 3.32. The molecule has 36 heavy (non-hydrogen) atoms. The van der Waals surface area contributed by atoms with Crippen molar-refractivity contribution in [3.05, 3.63) is 59.9 Å². The molecule has 2 fully saturated rings. The molecule has 0 aliphatic carbocycles. The van der Waals surface area contributed by atoms with E-state index in [0.717, 1.165) is 31.2 Å². The van der Waals surface area contributed by atoms with Gasteiger partial charge in [0.25, 0.3) is 0 Å². The second-order valence-electron chi connectivity index (χ2n) is 12.0. The van der Waals surface area contributed by atoms with Gasteiger partial charge in [0, 0.05) is 35.8 Å². The van der Waals surface area contributed by atoms with Crippen molar-refractivity contribution in [1.82, 2.24) is 15.5 Å². The van der Waals surface area contributed by atoms with Crippen LogP contribution in [0.3, 0.4) is 0 Å². The van der Waals surface area contributed by atoms with Crippen LogP contribution in [0.15, 0.2) is 48.5 Å². The Morgan fingerprint density at radius 2 is 1.72 bits per heavy atom. The third kappa shape index (κ3) is 6.15. The van der Waals surface area contributed by atoms with Gasteiger partial charge in [0.1, 0.15) is 5.82 Å². The Hall–Kier alpha value is -2.73. The van der Waals surface area contributed by atoms with Gasteiger partial charge >= 0.3 is 0 Å². The Kier molecular flexibility index (Phi) is 7.56. The minimum atomic E-state index is -0.475. The van der Waals surface area contributed by atoms with Crippen LogP contribution in [0.1, 0.15) is 71.8 Å². The minimum Gasteiger partial charge on any atom is -0.353 e. The van der Waals surface area contributed by atoms with Gasteiger partial charge in [-0.25, -0.2) is 4.39 Å². The van der Waals surface area contributed by atoms with E-state index in [0.29, 0.717) is 24.2 Å². The molecule has 0 saturated carbocycles. The molecule has 194 valence electrons. The summed E-state index contributed by atoms with van der Waals surface area (Å²) in [4.78, 5) is 28.3. The van der Waals surface area contributed by atoms with E-state index >= 15 is 0 Å². The number of likely N-dealkylation sites (tertiary alicyclic amines) is 1. The summed E-state index contributed by atoms with van der Waals surface area (Å²) < 4.78 is 14.9. The Labute approximate surface area is 214 Å². The molecule has 6 heteroatoms. The van der Waals surface area contributed by atoms with Crippen LogP contribution in [0.4, 0.5) is 4.39 Å². The van der Waals surface area contributed by atoms with Crippen molar-refractivity contribution >= 4 is 11.8 Å². The Bertz CT molecular complexity index is 1080. The van der Waals surface area contributed by atoms with Gasteiger partial charge in [-0.2, -0.15) is 0 Å². The molecule has 0 radical (unpaired) electrons. The number of hydrogen-bond donors (Lipinski definition) is 2. The summed E-state index contributed by atoms with van der Waals surface area (Å²) in [5.41, 5.74) is 1.90. The Balaban J connectivity index is 1.39. The van der Waals surface area contributed by atoms with E-state index in [9.17, 15) is 14.0 Å². The van der Waals surface area contributed by atoms with Crippen molar-refractivity contribution in [2.75, 3.05) is 13.1 Å². The van der Waals surface area contributed by atoms with Crippen LogP contribution in [0.25, 0.3) is 11.1 Å². The van der Waals surface area contributed by atoms with Gasteiger partial charge in [0.2, 0.25) is 11.8 Å². The molecule has 0 bridgehead atoms. The smallest absolute Gasteiger partial charge is 0.229 e. The van der Waals surface area contributed by atoms with Crippen molar-refractivity contribution < 1.29 is 14.0 Å². The van der Waals surface area contributed by atoms with Crippen LogP contribution in [0.2, 0.25) is 0 Å². The van der Waals surface area contributed by atoms with E-state index in [4.69, 9.17) is 0 Å². The van der Waals surface area contributed by atoms with Gasteiger partial charge in [-0.15, -0.1) is 0 Å². The number of piperidine rings is 2. The van der Waals surface area contributed by atoms with Crippen LogP contribution < -0.4 is 10.6 Å². The molecule has 2 aromatic carbocycles. The van der Waals surface area contributed by atoms with Crippen LogP contribution in [0, 0.1) is 11.7 Å². The summed E-state index contributed by atoms with van der Waals surface area (Å²) in [5.74, 6) is -1.03. The SMILES string of the molecule is CC(C(=O)N1CCCC(C(=O)NC2CC(C)(C)NC(C)(C)C2)C1)c1ccc(-c2ccccc2)c(F)c1. The number of carbonyl (C=O) groups excluding carboxylic acids is 2. The molecular formula is C30H40FN3O2. The number of hydrogen-bond acceptors (Lipinski definition) is 3. The molecule has 2 unspecified atom stereocenters. The predicted molar refractivity (Wildman–Crippen MR) is 142 cm³/mol. The average Bonchev–Trinajstić information content (AvgIpc) is 2.81. The highest BCUT2D eigenvalue weighted by atomic mass is 19.1. The number of benzene rings is 2. The molecule has 2 N–H and O–H groups in total. The van der Waals surface area contributed by atoms with E-state index in [1.54, 1.807) is 11.0 Å². The Morgan fingerprint density at radius 1 is 1.06 bits per heavy atom. The standard InChI is InChI=1S/C30H40FN3O2/c1-20(22-13-14-25(26(31)16-22)21-10-7-6-8-11-21)28(36)34-15-9-12-23(19-34)27(35)32-24-17-29(2,3)33-30(4,5)18-24/h6-8,10-11,13-14,16,20,23-24,33H,9,12,15,17-19H2,1-5H3,(H,32,35). The topological polar surface area (TPSA) is 61.4 Å². The third-order valence-corrected chi connectivity index (χ3v) is 7.59. The van der Waals surface area contributed by atoms with Crippen molar-refractivity contribution in [2.45, 2.75) is 83.3 Å². The summed E-state index contributed by atoms with van der Waals surface area (Å²) >= 11 is 0. The van der Waals surface area contributed by atoms with E-state index in [-0.39, 0.29) is 40.7 Å². The molecule has 2 amide bonds. The van der Waals surface area contributed by atoms with Crippen LogP contribution in [-0.4, -0.2) is 46.9 Å². The van der Waals surface area contributed by atoms with Gasteiger partial charge in [0.15, 0.2) is 0 Å². The summed E-state index contributed by atoms with van der Waals surface area (Å²) in [5, 5.41) is 6.93. The molecule has 2 saturated heterocycles. The highest BCUT2D eigenvalue weighted by Crippen LogP contribution is 2.30. The van der Waals surface area contributed by atoms with Crippen molar-refractivity contribution in [3.8, 4) is 11.1 Å². The van der Waals surface area contributed by atoms with E-state index in [1.807, 2.05) is 43.3 Å². The highest BCUT2D eigenvalue weighted by molar-refractivity contribution is 5.85. The second kappa shape index (κ2) is 10.3. The monoisotopic (exact) mass is 493 g/mol. The molecule has 2 atom stereocenters. The molecule has 5 nitrogen and oxygen atoms in total. The number of carbonyl (C=O) groups is 2. The first-order valence-electron chi connectivity index (χ1n) is 13.2. The zero-order valence-electron chi connectivity index (χ0n) is 22.2. The van der Waals surface area contributed by atoms with Crippen molar-refractivity contribution in [1.29, 1.82) is 0 Å². The first-order valence-corrected chi connectivity index (χ1v) is 13.2. The lowest BCUT2D eigenvalue weighted by Gasteiger charge is -2.47. The maximum Gasteiger partial charge on any atom is 0.229 e. The van der Waals surface area contributed by atoms with E-state index < -0.39 is 5.92 Å². The number of nitrogens with one attached hydrogen (secondary N) is 2. The lowest BCUT2D eigenvalue weighted by atomic mass is 9.79. The number of halogens is 1. The summed E-state index contributed by atoms with van der Waals surface area (Å²) in [6.45, 7) is 11.6. The molecule has 0 spiro atoms. The lowest BCUT2D eigenvalue weighted by molar-refractivity contribution is -0.137. The third-order valence-electron chi connectivity index (χ3n) is 7.59. The largest absolute Gasteiger partial charge is 0.353 e. The van der Waals surface area contributed by atoms with E-state index in [2.05, 4.69) is 38.3 Å². The normalized spacial score (nSPS) is 22.6. The zero-order valence-corrected chi connectivity index (χ0v) is 22.2. The van der Waals surface area contributed by atoms with Crippen LogP contribution >= 0.6 is 0 Å². The van der Waals surface area contributed by atoms with Gasteiger partial charge in [-0.1, -0.05) is 42.5 Å². The maximum atomic E-state index is 14.9. The fraction of sp³-hybridized carbons (Fsp3) is 0.533. The zero-order chi connectivity index (χ0) is 26.1. The fourth-order valence-corrected chi connectivity index (χ4v) is 6.20. The molecule has 4 rings (SSSR count). The fourth-order valence-electron chi connectivity index (χ4n) is 6.20. The van der Waals surface area contributed by atoms with Gasteiger partial charge in [0.05, 0.1) is 11.8 Å². The summed E-state index contributed by atoms with van der Waals surface area (Å²) in [6, 6.07) is 14.6. The summed E-state index contributed by atoms with van der Waals surface area (Å²) in [7, 11) is 0. The molecule has 0 aromatic heterocycles. The average molecular weight is 494 g/mol. The highest BCUT2D eigenvalue weighted by Gasteiger charge is 2.39. The van der Waals surface area contributed by atoms with Crippen LogP contribution in [0.5, 0.6) is 0 Å². The van der Waals surface area contributed by atoms with Gasteiger partial charge < -0.3 is 15.5 Å². The molecule has 2 aliphatic rings. The van der Waals surface area contributed by atoms with Gasteiger partial charge in [-0.05, 0) is 77.5 Å². The predicted octanol–water partition coefficient (Wildman–Crippen LogP) is 5.26. The minimum absolute atomic E-state index is 0.0388. The molecule has 2 heterocycles. The van der Waals surface area contributed by atoms with Crippen LogP contribution in [-0.2, 0) is 9.59 Å². The molecule has 2 aliphatic heterocycles. The quantitative estimate of drug-likeness (QED) is 0.597. The Morgan fingerprint density at radius 3 is 2.36 bits per heavy atom. The van der Waals surface area contributed by atoms with Gasteiger partial charge in [-0.3, -0.25) is 9.59 Å². The van der Waals surface area contributed by atoms with Crippen molar-refractivity contribution in [3.63, 3.8) is 0 Å². The maximum absolute atomic E-state index is 14.9. The number of rotatable bonds is 5.